The van der Waals surface area contributed by atoms with Gasteiger partial charge in [-0.25, -0.2) is 19.7 Å². The monoisotopic (exact) mass is 752 g/mol. The molecule has 54 heavy (non-hydrogen) atoms. The summed E-state index contributed by atoms with van der Waals surface area (Å²) in [5, 5.41) is 15.0. The van der Waals surface area contributed by atoms with Gasteiger partial charge in [0.2, 0.25) is 5.91 Å². The fourth-order valence-corrected chi connectivity index (χ4v) is 8.20. The number of piperidine rings is 2. The summed E-state index contributed by atoms with van der Waals surface area (Å²) < 4.78 is 8.58. The number of benzene rings is 1. The average molecular weight is 753 g/mol. The molecule has 0 radical (unpaired) electrons. The van der Waals surface area contributed by atoms with Gasteiger partial charge in [-0.3, -0.25) is 24.3 Å². The highest BCUT2D eigenvalue weighted by Gasteiger charge is 2.42. The van der Waals surface area contributed by atoms with E-state index in [1.807, 2.05) is 42.3 Å². The van der Waals surface area contributed by atoms with Crippen molar-refractivity contribution in [3.63, 3.8) is 0 Å². The molecule has 0 saturated carbocycles. The minimum absolute atomic E-state index is 0.00700. The van der Waals surface area contributed by atoms with Crippen molar-refractivity contribution in [1.29, 1.82) is 0 Å². The van der Waals surface area contributed by atoms with E-state index in [0.29, 0.717) is 67.3 Å². The van der Waals surface area contributed by atoms with Gasteiger partial charge in [0.15, 0.2) is 5.01 Å². The number of carbonyl (C=O) groups excluding carboxylic acids is 3. The summed E-state index contributed by atoms with van der Waals surface area (Å²) in [5.41, 5.74) is 0.305. The first-order valence-corrected chi connectivity index (χ1v) is 18.9. The maximum atomic E-state index is 14.2. The number of amides is 3. The van der Waals surface area contributed by atoms with Crippen LogP contribution in [0.2, 0.25) is 0 Å². The van der Waals surface area contributed by atoms with Crippen molar-refractivity contribution in [1.82, 2.24) is 33.9 Å². The molecule has 2 saturated heterocycles. The molecule has 0 unspecified atom stereocenters. The molecule has 2 aliphatic rings. The van der Waals surface area contributed by atoms with Crippen LogP contribution in [-0.2, 0) is 23.1 Å². The van der Waals surface area contributed by atoms with Crippen LogP contribution in [0.15, 0.2) is 78.2 Å². The molecule has 2 fully saturated rings. The Morgan fingerprint density at radius 3 is 2.52 bits per heavy atom. The zero-order valence-electron chi connectivity index (χ0n) is 30.8. The molecule has 14 nitrogen and oxygen atoms in total. The first-order chi connectivity index (χ1) is 25.8. The largest absolute Gasteiger partial charge is 0.444 e. The van der Waals surface area contributed by atoms with E-state index < -0.39 is 17.3 Å². The zero-order chi connectivity index (χ0) is 38.2. The first-order valence-electron chi connectivity index (χ1n) is 18.0. The van der Waals surface area contributed by atoms with Crippen LogP contribution in [0.4, 0.5) is 10.6 Å². The molecule has 2 aliphatic heterocycles. The summed E-state index contributed by atoms with van der Waals surface area (Å²) in [6, 6.07) is 15.0. The number of aliphatic hydroxyl groups is 1. The van der Waals surface area contributed by atoms with Gasteiger partial charge in [0.05, 0.1) is 22.4 Å². The molecule has 2 N–H and O–H groups in total. The van der Waals surface area contributed by atoms with E-state index in [1.54, 1.807) is 67.0 Å². The number of carbonyl (C=O) groups is 3. The number of hydrogen-bond donors (Lipinski definition) is 2. The van der Waals surface area contributed by atoms with Gasteiger partial charge in [-0.1, -0.05) is 30.3 Å². The predicted molar refractivity (Wildman–Crippen MR) is 204 cm³/mol. The lowest BCUT2D eigenvalue weighted by Gasteiger charge is -2.43. The van der Waals surface area contributed by atoms with E-state index in [-0.39, 0.29) is 35.8 Å². The number of anilines is 1. The van der Waals surface area contributed by atoms with Gasteiger partial charge in [0.1, 0.15) is 23.4 Å². The lowest BCUT2D eigenvalue weighted by atomic mass is 9.79. The number of thiazole rings is 1. The van der Waals surface area contributed by atoms with Crippen molar-refractivity contribution in [3.8, 4) is 10.4 Å². The van der Waals surface area contributed by atoms with Gasteiger partial charge in [-0.15, -0.1) is 11.3 Å². The number of likely N-dealkylation sites (tertiary alicyclic amines) is 2. The quantitative estimate of drug-likeness (QED) is 0.235. The second-order valence-electron chi connectivity index (χ2n) is 15.1. The summed E-state index contributed by atoms with van der Waals surface area (Å²) in [7, 11) is 1.83. The second kappa shape index (κ2) is 14.8. The van der Waals surface area contributed by atoms with E-state index >= 15 is 0 Å². The molecule has 3 amide bonds. The summed E-state index contributed by atoms with van der Waals surface area (Å²) in [4.78, 5) is 70.9. The number of nitrogens with zero attached hydrogens (tertiary/aromatic N) is 7. The van der Waals surface area contributed by atoms with E-state index in [0.717, 1.165) is 16.0 Å². The molecule has 4 aromatic heterocycles. The fraction of sp³-hybridized carbons (Fsp3) is 0.410. The molecule has 0 spiro atoms. The highest BCUT2D eigenvalue weighted by atomic mass is 32.1. The Morgan fingerprint density at radius 2 is 1.78 bits per heavy atom. The third-order valence-electron chi connectivity index (χ3n) is 10.1. The van der Waals surface area contributed by atoms with Gasteiger partial charge in [-0.05, 0) is 69.4 Å². The highest BCUT2D eigenvalue weighted by Crippen LogP contribution is 2.37. The zero-order valence-corrected chi connectivity index (χ0v) is 31.6. The van der Waals surface area contributed by atoms with Crippen LogP contribution in [0, 0.1) is 5.92 Å². The molecular weight excluding hydrogens is 709 g/mol. The van der Waals surface area contributed by atoms with Crippen LogP contribution in [0.3, 0.4) is 0 Å². The van der Waals surface area contributed by atoms with Crippen LogP contribution in [0.5, 0.6) is 0 Å². The fourth-order valence-electron chi connectivity index (χ4n) is 7.32. The number of pyridine rings is 1. The van der Waals surface area contributed by atoms with Crippen LogP contribution < -0.4 is 10.9 Å². The molecule has 15 heteroatoms. The second-order valence-corrected chi connectivity index (χ2v) is 16.2. The summed E-state index contributed by atoms with van der Waals surface area (Å²) in [6.07, 6.45) is 6.99. The molecule has 0 aliphatic carbocycles. The minimum atomic E-state index is -1.15. The Morgan fingerprint density at radius 1 is 1.02 bits per heavy atom. The molecule has 7 rings (SSSR count). The van der Waals surface area contributed by atoms with Crippen molar-refractivity contribution in [3.05, 3.63) is 94.4 Å². The molecule has 2 atom stereocenters. The maximum absolute atomic E-state index is 14.2. The standard InChI is InChI=1S/C39H44N8O6S/c1-38(2,3)53-37(51)43-31-20-26(10-15-40-31)30-21-41-33(54-30)36(50)46-17-12-27(29(22-46)25-8-6-5-7-9-25)34(48)45-18-13-39(52,14-19-45)23-47-24-42-32-28(35(47)49)11-16-44(32)4/h5-11,15-16,20-21,24,27,29,52H,12-14,17-19,22-23H2,1-4H3,(H,40,43,51)/t27-,29+/m1/s1. The first kappa shape index (κ1) is 36.9. The molecular formula is C39H44N8O6S. The number of hydrogen-bond acceptors (Lipinski definition) is 10. The number of aromatic nitrogens is 5. The topological polar surface area (TPSA) is 165 Å². The number of aryl methyl sites for hydroxylation is 1. The molecule has 5 aromatic rings. The lowest BCUT2D eigenvalue weighted by Crippen LogP contribution is -2.53. The maximum Gasteiger partial charge on any atom is 0.413 e. The van der Waals surface area contributed by atoms with Gasteiger partial charge < -0.3 is 24.2 Å². The predicted octanol–water partition coefficient (Wildman–Crippen LogP) is 4.90. The van der Waals surface area contributed by atoms with Crippen molar-refractivity contribution >= 4 is 46.1 Å². The van der Waals surface area contributed by atoms with Gasteiger partial charge in [0.25, 0.3) is 11.5 Å². The summed E-state index contributed by atoms with van der Waals surface area (Å²) in [5.74, 6) is -0.472. The van der Waals surface area contributed by atoms with E-state index in [9.17, 15) is 24.3 Å². The van der Waals surface area contributed by atoms with Gasteiger partial charge in [-0.2, -0.15) is 0 Å². The summed E-state index contributed by atoms with van der Waals surface area (Å²) in [6.45, 7) is 6.90. The minimum Gasteiger partial charge on any atom is -0.444 e. The lowest BCUT2D eigenvalue weighted by molar-refractivity contribution is -0.142. The Bertz CT molecular complexity index is 2230. The number of fused-ring (bicyclic) bond motifs is 1. The Balaban J connectivity index is 1.01. The molecule has 0 bridgehead atoms. The molecule has 1 aromatic carbocycles. The highest BCUT2D eigenvalue weighted by molar-refractivity contribution is 7.17. The van der Waals surface area contributed by atoms with Crippen LogP contribution in [0.1, 0.15) is 61.3 Å². The number of nitrogens with one attached hydrogen (secondary N) is 1. The third-order valence-corrected chi connectivity index (χ3v) is 11.2. The van der Waals surface area contributed by atoms with E-state index in [1.165, 1.54) is 22.2 Å². The Hall–Kier alpha value is -5.41. The van der Waals surface area contributed by atoms with Crippen molar-refractivity contribution in [2.75, 3.05) is 31.5 Å². The van der Waals surface area contributed by atoms with Crippen LogP contribution in [-0.4, -0.2) is 94.3 Å². The summed E-state index contributed by atoms with van der Waals surface area (Å²) >= 11 is 1.26. The van der Waals surface area contributed by atoms with E-state index in [4.69, 9.17) is 4.74 Å². The van der Waals surface area contributed by atoms with Gasteiger partial charge in [0, 0.05) is 63.7 Å². The molecule has 6 heterocycles. The SMILES string of the molecule is Cn1ccc2c(=O)n(CC3(O)CCN(C(=O)[C@@H]4CCN(C(=O)c5ncc(-c6ccnc(NC(=O)OC(C)(C)C)c6)s5)C[C@H]4c4ccccc4)CC3)cnc21. The van der Waals surface area contributed by atoms with Gasteiger partial charge >= 0.3 is 6.09 Å². The van der Waals surface area contributed by atoms with Crippen molar-refractivity contribution in [2.45, 2.75) is 63.7 Å². The Kier molecular flexibility index (Phi) is 10.1. The third kappa shape index (κ3) is 7.92. The number of rotatable bonds is 7. The average Bonchev–Trinajstić information content (AvgIpc) is 3.80. The Labute approximate surface area is 316 Å². The smallest absolute Gasteiger partial charge is 0.413 e. The molecule has 282 valence electrons. The normalized spacial score (nSPS) is 18.8. The van der Waals surface area contributed by atoms with Crippen LogP contribution >= 0.6 is 11.3 Å². The van der Waals surface area contributed by atoms with Crippen LogP contribution in [0.25, 0.3) is 21.5 Å². The van der Waals surface area contributed by atoms with Crippen molar-refractivity contribution < 1.29 is 24.2 Å². The number of ether oxygens (including phenoxy) is 1. The van der Waals surface area contributed by atoms with Crippen molar-refractivity contribution in [2.24, 2.45) is 13.0 Å². The van der Waals surface area contributed by atoms with E-state index in [2.05, 4.69) is 20.3 Å².